The van der Waals surface area contributed by atoms with Crippen molar-refractivity contribution >= 4 is 22.3 Å². The van der Waals surface area contributed by atoms with Crippen molar-refractivity contribution in [3.63, 3.8) is 0 Å². The van der Waals surface area contributed by atoms with Crippen LogP contribution < -0.4 is 10.6 Å². The van der Waals surface area contributed by atoms with Crippen LogP contribution in [0, 0.1) is 0 Å². The minimum Gasteiger partial charge on any atom is -0.384 e. The number of aliphatic imine (C=N–C) groups is 1. The minimum absolute atomic E-state index is 0.565. The molecule has 0 aromatic carbocycles. The van der Waals surface area contributed by atoms with Gasteiger partial charge in [-0.05, 0) is 6.08 Å². The molecule has 62 valence electrons. The van der Waals surface area contributed by atoms with E-state index < -0.39 is 0 Å². The summed E-state index contributed by atoms with van der Waals surface area (Å²) in [5.41, 5.74) is 5.47. The summed E-state index contributed by atoms with van der Waals surface area (Å²) in [6, 6.07) is 0. The van der Waals surface area contributed by atoms with Crippen molar-refractivity contribution in [2.24, 2.45) is 10.7 Å². The second-order valence-corrected chi connectivity index (χ2v) is 3.20. The number of rotatable bonds is 1. The number of hydrogen-bond acceptors (Lipinski definition) is 5. The molecule has 0 amide bonds. The Morgan fingerprint density at radius 3 is 3.08 bits per heavy atom. The van der Waals surface area contributed by atoms with Crippen molar-refractivity contribution in [3.8, 4) is 0 Å². The summed E-state index contributed by atoms with van der Waals surface area (Å²) in [6.45, 7) is 0.565. The van der Waals surface area contributed by atoms with Gasteiger partial charge in [0.05, 0.1) is 0 Å². The lowest BCUT2D eigenvalue weighted by Gasteiger charge is -2.17. The fraction of sp³-hybridized carbons (Fsp3) is 0.143. The van der Waals surface area contributed by atoms with Crippen molar-refractivity contribution < 1.29 is 0 Å². The normalized spacial score (nSPS) is 16.3. The van der Waals surface area contributed by atoms with Gasteiger partial charge in [0.2, 0.25) is 0 Å². The van der Waals surface area contributed by atoms with Crippen LogP contribution in [0.2, 0.25) is 0 Å². The van der Waals surface area contributed by atoms with Gasteiger partial charge in [0.25, 0.3) is 0 Å². The molecule has 0 aliphatic carbocycles. The summed E-state index contributed by atoms with van der Waals surface area (Å²) < 4.78 is 0. The van der Waals surface area contributed by atoms with Crippen LogP contribution in [-0.2, 0) is 0 Å². The van der Waals surface area contributed by atoms with Gasteiger partial charge in [0.15, 0.2) is 5.13 Å². The maximum atomic E-state index is 5.47. The van der Waals surface area contributed by atoms with Crippen molar-refractivity contribution in [3.05, 3.63) is 23.9 Å². The zero-order valence-electron chi connectivity index (χ0n) is 6.34. The van der Waals surface area contributed by atoms with Crippen LogP contribution in [0.25, 0.3) is 0 Å². The Morgan fingerprint density at radius 2 is 2.50 bits per heavy atom. The highest BCUT2D eigenvalue weighted by atomic mass is 32.1. The highest BCUT2D eigenvalue weighted by Gasteiger charge is 2.07. The summed E-state index contributed by atoms with van der Waals surface area (Å²) in [5.74, 6) is 0.572. The van der Waals surface area contributed by atoms with Gasteiger partial charge in [0, 0.05) is 17.8 Å². The number of anilines is 1. The molecule has 0 saturated heterocycles. The minimum atomic E-state index is 0.565. The Labute approximate surface area is 74.1 Å². The molecule has 1 aromatic rings. The summed E-state index contributed by atoms with van der Waals surface area (Å²) in [7, 11) is 0. The molecule has 12 heavy (non-hydrogen) atoms. The molecule has 4 nitrogen and oxygen atoms in total. The van der Waals surface area contributed by atoms with E-state index in [1.54, 1.807) is 23.6 Å². The van der Waals surface area contributed by atoms with Crippen LogP contribution in [0.1, 0.15) is 0 Å². The molecule has 0 saturated carbocycles. The fourth-order valence-corrected chi connectivity index (χ4v) is 1.53. The smallest absolute Gasteiger partial charge is 0.190 e. The Morgan fingerprint density at radius 1 is 1.58 bits per heavy atom. The van der Waals surface area contributed by atoms with Crippen LogP contribution in [0.3, 0.4) is 0 Å². The highest BCUT2D eigenvalue weighted by molar-refractivity contribution is 7.13. The molecule has 5 heteroatoms. The molecule has 2 rings (SSSR count). The van der Waals surface area contributed by atoms with Gasteiger partial charge >= 0.3 is 0 Å². The second kappa shape index (κ2) is 2.94. The van der Waals surface area contributed by atoms with Gasteiger partial charge < -0.3 is 10.6 Å². The molecule has 0 spiro atoms. The maximum Gasteiger partial charge on any atom is 0.190 e. The predicted molar refractivity (Wildman–Crippen MR) is 50.2 cm³/mol. The molecule has 0 radical (unpaired) electrons. The number of aromatic nitrogens is 1. The molecule has 1 aliphatic heterocycles. The van der Waals surface area contributed by atoms with Gasteiger partial charge in [-0.3, -0.25) is 0 Å². The quantitative estimate of drug-likeness (QED) is 0.695. The molecule has 0 unspecified atom stereocenters. The van der Waals surface area contributed by atoms with E-state index in [0.717, 1.165) is 5.13 Å². The monoisotopic (exact) mass is 180 g/mol. The summed E-state index contributed by atoms with van der Waals surface area (Å²) >= 11 is 1.58. The van der Waals surface area contributed by atoms with Gasteiger partial charge in [-0.25, -0.2) is 9.98 Å². The molecule has 1 aliphatic rings. The van der Waals surface area contributed by atoms with Crippen molar-refractivity contribution in [1.82, 2.24) is 4.98 Å². The van der Waals surface area contributed by atoms with Gasteiger partial charge in [-0.1, -0.05) is 0 Å². The zero-order chi connectivity index (χ0) is 8.39. The fourth-order valence-electron chi connectivity index (χ4n) is 0.906. The topological polar surface area (TPSA) is 54.5 Å². The molecule has 2 N–H and O–H groups in total. The maximum absolute atomic E-state index is 5.47. The van der Waals surface area contributed by atoms with Crippen LogP contribution in [0.15, 0.2) is 28.8 Å². The molecule has 0 atom stereocenters. The van der Waals surface area contributed by atoms with E-state index >= 15 is 0 Å². The molecule has 0 bridgehead atoms. The van der Waals surface area contributed by atoms with E-state index in [9.17, 15) is 0 Å². The SMILES string of the molecule is NC1=NCN(c2nccs2)C=C1. The van der Waals surface area contributed by atoms with Crippen LogP contribution in [0.5, 0.6) is 0 Å². The van der Waals surface area contributed by atoms with Crippen LogP contribution in [-0.4, -0.2) is 17.5 Å². The van der Waals surface area contributed by atoms with Crippen molar-refractivity contribution in [2.75, 3.05) is 11.6 Å². The Hall–Kier alpha value is -1.36. The first kappa shape index (κ1) is 7.30. The van der Waals surface area contributed by atoms with Gasteiger partial charge in [-0.2, -0.15) is 0 Å². The van der Waals surface area contributed by atoms with Gasteiger partial charge in [0.1, 0.15) is 12.5 Å². The van der Waals surface area contributed by atoms with E-state index in [0.29, 0.717) is 12.5 Å². The first-order valence-corrected chi connectivity index (χ1v) is 4.38. The number of hydrogen-bond donors (Lipinski definition) is 1. The number of nitrogens with two attached hydrogens (primary N) is 1. The summed E-state index contributed by atoms with van der Waals surface area (Å²) in [5, 5.41) is 2.88. The van der Waals surface area contributed by atoms with Gasteiger partial charge in [-0.15, -0.1) is 11.3 Å². The standard InChI is InChI=1S/C7H8N4S/c8-6-1-3-11(5-10-6)7-9-2-4-12-7/h1-4H,5H2,(H2,8,10). The average Bonchev–Trinajstić information content (AvgIpc) is 2.58. The molecule has 2 heterocycles. The number of nitrogens with zero attached hydrogens (tertiary/aromatic N) is 3. The molecular formula is C7H8N4S. The first-order chi connectivity index (χ1) is 5.86. The van der Waals surface area contributed by atoms with Crippen molar-refractivity contribution in [1.29, 1.82) is 0 Å². The lowest BCUT2D eigenvalue weighted by atomic mass is 10.5. The third kappa shape index (κ3) is 1.31. The Balaban J connectivity index is 2.15. The van der Waals surface area contributed by atoms with E-state index in [-0.39, 0.29) is 0 Å². The third-order valence-electron chi connectivity index (χ3n) is 1.50. The third-order valence-corrected chi connectivity index (χ3v) is 2.30. The van der Waals surface area contributed by atoms with E-state index in [1.165, 1.54) is 0 Å². The largest absolute Gasteiger partial charge is 0.384 e. The average molecular weight is 180 g/mol. The van der Waals surface area contributed by atoms with E-state index in [1.807, 2.05) is 16.5 Å². The lowest BCUT2D eigenvalue weighted by Crippen LogP contribution is -2.24. The lowest BCUT2D eigenvalue weighted by molar-refractivity contribution is 0.951. The van der Waals surface area contributed by atoms with Crippen molar-refractivity contribution in [2.45, 2.75) is 0 Å². The Kier molecular flexibility index (Phi) is 1.79. The molecular weight excluding hydrogens is 172 g/mol. The number of amidine groups is 1. The molecule has 1 aromatic heterocycles. The van der Waals surface area contributed by atoms with Crippen LogP contribution >= 0.6 is 11.3 Å². The second-order valence-electron chi connectivity index (χ2n) is 2.32. The predicted octanol–water partition coefficient (Wildman–Crippen LogP) is 0.791. The first-order valence-electron chi connectivity index (χ1n) is 3.50. The van der Waals surface area contributed by atoms with Crippen LogP contribution in [0.4, 0.5) is 5.13 Å². The highest BCUT2D eigenvalue weighted by Crippen LogP contribution is 2.18. The van der Waals surface area contributed by atoms with E-state index in [4.69, 9.17) is 5.73 Å². The zero-order valence-corrected chi connectivity index (χ0v) is 7.16. The number of thiazole rings is 1. The molecule has 0 fully saturated rings. The summed E-state index contributed by atoms with van der Waals surface area (Å²) in [4.78, 5) is 10.2. The van der Waals surface area contributed by atoms with E-state index in [2.05, 4.69) is 9.98 Å². The summed E-state index contributed by atoms with van der Waals surface area (Å²) in [6.07, 6.45) is 5.43. The Bertz CT molecular complexity index is 314.